The molecule has 1 rings (SSSR count). The Bertz CT molecular complexity index is 929. The molecule has 1 N–H and O–H groups in total. The second kappa shape index (κ2) is 18.0. The first kappa shape index (κ1) is 33.7. The van der Waals surface area contributed by atoms with Gasteiger partial charge < -0.3 is 33.7 Å². The number of esters is 2. The van der Waals surface area contributed by atoms with Gasteiger partial charge in [-0.3, -0.25) is 9.59 Å². The van der Waals surface area contributed by atoms with Gasteiger partial charge in [0.25, 0.3) is 0 Å². The molecule has 39 heavy (non-hydrogen) atoms. The van der Waals surface area contributed by atoms with Crippen LogP contribution in [0.1, 0.15) is 59.9 Å². The number of carbonyl (C=O) groups excluding carboxylic acids is 4. The van der Waals surface area contributed by atoms with Crippen molar-refractivity contribution in [1.82, 2.24) is 5.32 Å². The lowest BCUT2D eigenvalue weighted by atomic mass is 10.1. The molecule has 0 aliphatic heterocycles. The first-order valence-corrected chi connectivity index (χ1v) is 13.2. The van der Waals surface area contributed by atoms with Crippen LogP contribution in [0.2, 0.25) is 0 Å². The van der Waals surface area contributed by atoms with Crippen LogP contribution in [-0.4, -0.2) is 63.8 Å². The Hall–Kier alpha value is -3.34. The SMILES string of the molecule is COC(=O)[C@H](Cc1ccc(OC(=O)OCCC(C)C)c(OC(=O)OCCC(C)C)c1)NCCOC(=O)C(C)C. The van der Waals surface area contributed by atoms with Gasteiger partial charge in [-0.2, -0.15) is 0 Å². The van der Waals surface area contributed by atoms with E-state index in [4.69, 9.17) is 28.4 Å². The quantitative estimate of drug-likeness (QED) is 0.132. The monoisotopic (exact) mass is 553 g/mol. The maximum absolute atomic E-state index is 12.4. The summed E-state index contributed by atoms with van der Waals surface area (Å²) in [5.74, 6) is -0.575. The van der Waals surface area contributed by atoms with Crippen molar-refractivity contribution >= 4 is 24.2 Å². The summed E-state index contributed by atoms with van der Waals surface area (Å²) in [4.78, 5) is 48.5. The van der Waals surface area contributed by atoms with E-state index in [-0.39, 0.29) is 56.2 Å². The van der Waals surface area contributed by atoms with E-state index in [0.29, 0.717) is 30.2 Å². The van der Waals surface area contributed by atoms with Gasteiger partial charge in [0.05, 0.1) is 26.2 Å². The zero-order chi connectivity index (χ0) is 29.4. The lowest BCUT2D eigenvalue weighted by Gasteiger charge is -2.18. The molecule has 0 unspecified atom stereocenters. The molecule has 11 heteroatoms. The van der Waals surface area contributed by atoms with Crippen molar-refractivity contribution in [2.24, 2.45) is 17.8 Å². The third-order valence-corrected chi connectivity index (χ3v) is 5.36. The van der Waals surface area contributed by atoms with Crippen LogP contribution in [0.4, 0.5) is 9.59 Å². The molecule has 1 atom stereocenters. The number of hydrogen-bond acceptors (Lipinski definition) is 11. The second-order valence-electron chi connectivity index (χ2n) is 10.1. The van der Waals surface area contributed by atoms with Crippen LogP contribution in [0.25, 0.3) is 0 Å². The number of carbonyl (C=O) groups is 4. The molecule has 1 aromatic carbocycles. The average Bonchev–Trinajstić information content (AvgIpc) is 2.86. The van der Waals surface area contributed by atoms with Crippen molar-refractivity contribution in [3.63, 3.8) is 0 Å². The fraction of sp³-hybridized carbons (Fsp3) is 0.643. The molecule has 0 saturated heterocycles. The molecule has 0 amide bonds. The number of methoxy groups -OCH3 is 1. The van der Waals surface area contributed by atoms with Crippen molar-refractivity contribution in [3.05, 3.63) is 23.8 Å². The minimum atomic E-state index is -0.958. The highest BCUT2D eigenvalue weighted by Gasteiger charge is 2.22. The molecule has 1 aromatic rings. The van der Waals surface area contributed by atoms with E-state index in [2.05, 4.69) is 5.32 Å². The summed E-state index contributed by atoms with van der Waals surface area (Å²) in [6, 6.07) is 3.74. The van der Waals surface area contributed by atoms with Gasteiger partial charge in [-0.15, -0.1) is 0 Å². The summed E-state index contributed by atoms with van der Waals surface area (Å²) in [7, 11) is 1.26. The molecule has 0 spiro atoms. The molecule has 0 saturated carbocycles. The van der Waals surface area contributed by atoms with Crippen molar-refractivity contribution in [2.45, 2.75) is 66.8 Å². The van der Waals surface area contributed by atoms with Gasteiger partial charge in [0.15, 0.2) is 11.5 Å². The number of benzene rings is 1. The normalized spacial score (nSPS) is 11.7. The van der Waals surface area contributed by atoms with Crippen LogP contribution < -0.4 is 14.8 Å². The molecule has 0 heterocycles. The third kappa shape index (κ3) is 14.4. The van der Waals surface area contributed by atoms with E-state index >= 15 is 0 Å². The van der Waals surface area contributed by atoms with Gasteiger partial charge in [-0.1, -0.05) is 47.6 Å². The summed E-state index contributed by atoms with van der Waals surface area (Å²) in [5.41, 5.74) is 0.572. The van der Waals surface area contributed by atoms with Crippen molar-refractivity contribution in [3.8, 4) is 11.5 Å². The Morgan fingerprint density at radius 1 is 0.744 bits per heavy atom. The lowest BCUT2D eigenvalue weighted by Crippen LogP contribution is -2.41. The van der Waals surface area contributed by atoms with E-state index in [0.717, 1.165) is 0 Å². The van der Waals surface area contributed by atoms with E-state index in [9.17, 15) is 19.2 Å². The molecule has 0 radical (unpaired) electrons. The zero-order valence-corrected chi connectivity index (χ0v) is 24.1. The molecule has 0 fully saturated rings. The molecule has 0 aromatic heterocycles. The largest absolute Gasteiger partial charge is 0.513 e. The van der Waals surface area contributed by atoms with Gasteiger partial charge >= 0.3 is 24.2 Å². The number of ether oxygens (including phenoxy) is 6. The first-order chi connectivity index (χ1) is 18.4. The van der Waals surface area contributed by atoms with Gasteiger partial charge in [0, 0.05) is 6.54 Å². The van der Waals surface area contributed by atoms with Gasteiger partial charge in [-0.05, 0) is 48.8 Å². The van der Waals surface area contributed by atoms with Crippen LogP contribution in [0.15, 0.2) is 18.2 Å². The van der Waals surface area contributed by atoms with Crippen molar-refractivity contribution < 1.29 is 47.6 Å². The highest BCUT2D eigenvalue weighted by atomic mass is 16.7. The third-order valence-electron chi connectivity index (χ3n) is 5.36. The Morgan fingerprint density at radius 3 is 1.82 bits per heavy atom. The molecule has 11 nitrogen and oxygen atoms in total. The fourth-order valence-electron chi connectivity index (χ4n) is 3.01. The second-order valence-corrected chi connectivity index (χ2v) is 10.1. The Kier molecular flexibility index (Phi) is 15.6. The van der Waals surface area contributed by atoms with Crippen molar-refractivity contribution in [2.75, 3.05) is 33.5 Å². The highest BCUT2D eigenvalue weighted by Crippen LogP contribution is 2.30. The van der Waals surface area contributed by atoms with Crippen LogP contribution in [0.3, 0.4) is 0 Å². The Labute approximate surface area is 230 Å². The van der Waals surface area contributed by atoms with Crippen LogP contribution in [0.5, 0.6) is 11.5 Å². The first-order valence-electron chi connectivity index (χ1n) is 13.2. The summed E-state index contributed by atoms with van der Waals surface area (Å²) in [6.45, 7) is 12.1. The lowest BCUT2D eigenvalue weighted by molar-refractivity contribution is -0.147. The van der Waals surface area contributed by atoms with Gasteiger partial charge in [0.2, 0.25) is 0 Å². The predicted octanol–water partition coefficient (Wildman–Crippen LogP) is 4.68. The standard InChI is InChI=1S/C28H43NO10/c1-18(2)10-13-36-27(32)38-23-9-8-21(17-24(23)39-28(33)37-14-11-19(3)4)16-22(26(31)34-7)29-12-15-35-25(30)20(5)6/h8-9,17-20,22,29H,10-16H2,1-7H3/t22-/m0/s1. The van der Waals surface area contributed by atoms with E-state index in [1.807, 2.05) is 27.7 Å². The molecular weight excluding hydrogens is 510 g/mol. The van der Waals surface area contributed by atoms with Crippen LogP contribution in [0, 0.1) is 17.8 Å². The topological polar surface area (TPSA) is 136 Å². The van der Waals surface area contributed by atoms with E-state index in [1.165, 1.54) is 19.2 Å². The minimum Gasteiger partial charge on any atom is -0.468 e. The Balaban J connectivity index is 3.00. The van der Waals surface area contributed by atoms with Gasteiger partial charge in [0.1, 0.15) is 12.6 Å². The summed E-state index contributed by atoms with van der Waals surface area (Å²) in [5, 5.41) is 3.00. The van der Waals surface area contributed by atoms with Crippen molar-refractivity contribution in [1.29, 1.82) is 0 Å². The van der Waals surface area contributed by atoms with E-state index < -0.39 is 24.3 Å². The minimum absolute atomic E-state index is 0.0442. The molecule has 0 aliphatic rings. The average molecular weight is 554 g/mol. The number of nitrogens with one attached hydrogen (secondary N) is 1. The fourth-order valence-corrected chi connectivity index (χ4v) is 3.01. The number of rotatable bonds is 16. The molecule has 0 bridgehead atoms. The molecule has 0 aliphatic carbocycles. The van der Waals surface area contributed by atoms with Crippen LogP contribution in [-0.2, 0) is 35.0 Å². The number of hydrogen-bond donors (Lipinski definition) is 1. The maximum atomic E-state index is 12.4. The predicted molar refractivity (Wildman–Crippen MR) is 143 cm³/mol. The summed E-state index contributed by atoms with van der Waals surface area (Å²) < 4.78 is 30.9. The van der Waals surface area contributed by atoms with E-state index in [1.54, 1.807) is 19.9 Å². The van der Waals surface area contributed by atoms with Crippen LogP contribution >= 0.6 is 0 Å². The summed E-state index contributed by atoms with van der Waals surface area (Å²) in [6.07, 6.45) is -0.438. The summed E-state index contributed by atoms with van der Waals surface area (Å²) >= 11 is 0. The molecule has 220 valence electrons. The molecular formula is C28H43NO10. The van der Waals surface area contributed by atoms with Gasteiger partial charge in [-0.25, -0.2) is 9.59 Å². The zero-order valence-electron chi connectivity index (χ0n) is 24.1. The smallest absolute Gasteiger partial charge is 0.468 e. The maximum Gasteiger partial charge on any atom is 0.513 e. The Morgan fingerprint density at radius 2 is 1.31 bits per heavy atom. The highest BCUT2D eigenvalue weighted by molar-refractivity contribution is 5.76.